The van der Waals surface area contributed by atoms with Crippen LogP contribution in [0.4, 0.5) is 0 Å². The lowest BCUT2D eigenvalue weighted by Gasteiger charge is -2.41. The Morgan fingerprint density at radius 2 is 1.94 bits per heavy atom. The SMILES string of the molecule is CC[C@@]1(CO)CCCN(C(=O)CN2CCCC2)C1. The summed E-state index contributed by atoms with van der Waals surface area (Å²) < 4.78 is 0. The van der Waals surface area contributed by atoms with Gasteiger partial charge >= 0.3 is 0 Å². The smallest absolute Gasteiger partial charge is 0.236 e. The van der Waals surface area contributed by atoms with Gasteiger partial charge in [0.2, 0.25) is 5.91 Å². The van der Waals surface area contributed by atoms with Gasteiger partial charge in [-0.25, -0.2) is 0 Å². The Morgan fingerprint density at radius 1 is 1.22 bits per heavy atom. The molecule has 2 heterocycles. The van der Waals surface area contributed by atoms with Crippen LogP contribution in [0.3, 0.4) is 0 Å². The van der Waals surface area contributed by atoms with E-state index in [1.54, 1.807) is 0 Å². The third kappa shape index (κ3) is 3.04. The lowest BCUT2D eigenvalue weighted by Crippen LogP contribution is -2.50. The highest BCUT2D eigenvalue weighted by Crippen LogP contribution is 2.32. The van der Waals surface area contributed by atoms with Crippen molar-refractivity contribution in [2.75, 3.05) is 39.3 Å². The van der Waals surface area contributed by atoms with Crippen molar-refractivity contribution in [2.45, 2.75) is 39.0 Å². The molecule has 2 fully saturated rings. The van der Waals surface area contributed by atoms with Crippen LogP contribution in [0.15, 0.2) is 0 Å². The molecule has 0 bridgehead atoms. The zero-order valence-corrected chi connectivity index (χ0v) is 11.5. The molecule has 2 rings (SSSR count). The zero-order chi connectivity index (χ0) is 13.0. The van der Waals surface area contributed by atoms with Crippen LogP contribution in [0.5, 0.6) is 0 Å². The predicted octanol–water partition coefficient (Wildman–Crippen LogP) is 1.09. The third-order valence-corrected chi connectivity index (χ3v) is 4.66. The van der Waals surface area contributed by atoms with Crippen molar-refractivity contribution in [2.24, 2.45) is 5.41 Å². The maximum atomic E-state index is 12.3. The highest BCUT2D eigenvalue weighted by Gasteiger charge is 2.35. The van der Waals surface area contributed by atoms with Gasteiger partial charge in [-0.3, -0.25) is 9.69 Å². The minimum Gasteiger partial charge on any atom is -0.396 e. The lowest BCUT2D eigenvalue weighted by molar-refractivity contribution is -0.136. The highest BCUT2D eigenvalue weighted by molar-refractivity contribution is 5.78. The first kappa shape index (κ1) is 13.8. The summed E-state index contributed by atoms with van der Waals surface area (Å²) in [7, 11) is 0. The summed E-state index contributed by atoms with van der Waals surface area (Å²) >= 11 is 0. The van der Waals surface area contributed by atoms with Crippen LogP contribution in [0.25, 0.3) is 0 Å². The van der Waals surface area contributed by atoms with Crippen molar-refractivity contribution in [1.29, 1.82) is 0 Å². The van der Waals surface area contributed by atoms with E-state index in [1.807, 2.05) is 4.90 Å². The van der Waals surface area contributed by atoms with Gasteiger partial charge in [-0.15, -0.1) is 0 Å². The van der Waals surface area contributed by atoms with Crippen molar-refractivity contribution in [3.05, 3.63) is 0 Å². The molecule has 0 aromatic rings. The van der Waals surface area contributed by atoms with Gasteiger partial charge in [0, 0.05) is 18.5 Å². The number of hydrogen-bond acceptors (Lipinski definition) is 3. The molecule has 0 spiro atoms. The number of likely N-dealkylation sites (tertiary alicyclic amines) is 2. The number of aliphatic hydroxyl groups excluding tert-OH is 1. The van der Waals surface area contributed by atoms with Crippen molar-refractivity contribution in [3.63, 3.8) is 0 Å². The van der Waals surface area contributed by atoms with Crippen LogP contribution in [0.1, 0.15) is 39.0 Å². The Kier molecular flexibility index (Phi) is 4.62. The zero-order valence-electron chi connectivity index (χ0n) is 11.5. The van der Waals surface area contributed by atoms with Gasteiger partial charge in [0.1, 0.15) is 0 Å². The number of hydrogen-bond donors (Lipinski definition) is 1. The van der Waals surface area contributed by atoms with Gasteiger partial charge in [0.25, 0.3) is 0 Å². The van der Waals surface area contributed by atoms with Crippen LogP contribution < -0.4 is 0 Å². The van der Waals surface area contributed by atoms with Crippen molar-refractivity contribution in [1.82, 2.24) is 9.80 Å². The minimum atomic E-state index is -0.0427. The molecule has 0 unspecified atom stereocenters. The van der Waals surface area contributed by atoms with E-state index in [-0.39, 0.29) is 17.9 Å². The first-order chi connectivity index (χ1) is 8.69. The molecule has 1 atom stereocenters. The molecule has 2 aliphatic heterocycles. The standard InChI is InChI=1S/C14H26N2O2/c1-2-14(12-17)6-5-9-16(11-14)13(18)10-15-7-3-4-8-15/h17H,2-12H2,1H3/t14-/m1/s1. The van der Waals surface area contributed by atoms with Crippen LogP contribution in [0, 0.1) is 5.41 Å². The van der Waals surface area contributed by atoms with E-state index in [4.69, 9.17) is 0 Å². The number of carbonyl (C=O) groups is 1. The number of nitrogens with zero attached hydrogens (tertiary/aromatic N) is 2. The molecular formula is C14H26N2O2. The summed E-state index contributed by atoms with van der Waals surface area (Å²) in [4.78, 5) is 16.5. The van der Waals surface area contributed by atoms with Gasteiger partial charge in [-0.2, -0.15) is 0 Å². The largest absolute Gasteiger partial charge is 0.396 e. The second kappa shape index (κ2) is 6.02. The van der Waals surface area contributed by atoms with E-state index in [1.165, 1.54) is 12.8 Å². The summed E-state index contributed by atoms with van der Waals surface area (Å²) in [6, 6.07) is 0. The molecule has 2 saturated heterocycles. The average molecular weight is 254 g/mol. The van der Waals surface area contributed by atoms with Crippen molar-refractivity contribution in [3.8, 4) is 0 Å². The second-order valence-electron chi connectivity index (χ2n) is 5.91. The molecule has 4 heteroatoms. The van der Waals surface area contributed by atoms with E-state index in [0.29, 0.717) is 6.54 Å². The number of aliphatic hydroxyl groups is 1. The summed E-state index contributed by atoms with van der Waals surface area (Å²) in [6.45, 7) is 6.64. The Labute approximate surface area is 110 Å². The van der Waals surface area contributed by atoms with E-state index in [2.05, 4.69) is 11.8 Å². The fourth-order valence-electron chi connectivity index (χ4n) is 3.18. The molecule has 1 amide bonds. The van der Waals surface area contributed by atoms with Crippen LogP contribution in [0.2, 0.25) is 0 Å². The van der Waals surface area contributed by atoms with E-state index < -0.39 is 0 Å². The molecule has 1 N–H and O–H groups in total. The van der Waals surface area contributed by atoms with Crippen LogP contribution in [-0.4, -0.2) is 60.1 Å². The van der Waals surface area contributed by atoms with Gasteiger partial charge in [0.15, 0.2) is 0 Å². The first-order valence-corrected chi connectivity index (χ1v) is 7.30. The van der Waals surface area contributed by atoms with E-state index in [0.717, 1.165) is 45.4 Å². The number of carbonyl (C=O) groups excluding carboxylic acids is 1. The molecule has 0 radical (unpaired) electrons. The molecule has 104 valence electrons. The molecular weight excluding hydrogens is 228 g/mol. The van der Waals surface area contributed by atoms with Gasteiger partial charge in [-0.05, 0) is 45.2 Å². The Bertz CT molecular complexity index is 284. The molecule has 0 aromatic carbocycles. The Morgan fingerprint density at radius 3 is 2.56 bits per heavy atom. The fraction of sp³-hybridized carbons (Fsp3) is 0.929. The molecule has 2 aliphatic rings. The number of piperidine rings is 1. The van der Waals surface area contributed by atoms with Gasteiger partial charge < -0.3 is 10.0 Å². The first-order valence-electron chi connectivity index (χ1n) is 7.30. The number of rotatable bonds is 4. The van der Waals surface area contributed by atoms with Crippen molar-refractivity contribution >= 4 is 5.91 Å². The highest BCUT2D eigenvalue weighted by atomic mass is 16.3. The summed E-state index contributed by atoms with van der Waals surface area (Å²) in [5, 5.41) is 9.58. The van der Waals surface area contributed by atoms with Crippen LogP contribution >= 0.6 is 0 Å². The summed E-state index contributed by atoms with van der Waals surface area (Å²) in [5.74, 6) is 0.253. The minimum absolute atomic E-state index is 0.0427. The van der Waals surface area contributed by atoms with E-state index >= 15 is 0 Å². The summed E-state index contributed by atoms with van der Waals surface area (Å²) in [6.07, 6.45) is 5.48. The Hall–Kier alpha value is -0.610. The number of amides is 1. The van der Waals surface area contributed by atoms with Gasteiger partial charge in [-0.1, -0.05) is 6.92 Å². The van der Waals surface area contributed by atoms with Gasteiger partial charge in [0.05, 0.1) is 13.2 Å². The average Bonchev–Trinajstić information content (AvgIpc) is 2.91. The maximum Gasteiger partial charge on any atom is 0.236 e. The quantitative estimate of drug-likeness (QED) is 0.817. The lowest BCUT2D eigenvalue weighted by atomic mass is 9.78. The maximum absolute atomic E-state index is 12.3. The normalized spacial score (nSPS) is 29.8. The van der Waals surface area contributed by atoms with Crippen LogP contribution in [-0.2, 0) is 4.79 Å². The van der Waals surface area contributed by atoms with Crippen molar-refractivity contribution < 1.29 is 9.90 Å². The molecule has 0 aromatic heterocycles. The fourth-order valence-corrected chi connectivity index (χ4v) is 3.18. The monoisotopic (exact) mass is 254 g/mol. The van der Waals surface area contributed by atoms with E-state index in [9.17, 15) is 9.90 Å². The molecule has 0 aliphatic carbocycles. The topological polar surface area (TPSA) is 43.8 Å². The summed E-state index contributed by atoms with van der Waals surface area (Å²) in [5.41, 5.74) is -0.0427. The molecule has 0 saturated carbocycles. The predicted molar refractivity (Wildman–Crippen MR) is 71.3 cm³/mol. The molecule has 18 heavy (non-hydrogen) atoms. The third-order valence-electron chi connectivity index (χ3n) is 4.66. The Balaban J connectivity index is 1.89. The second-order valence-corrected chi connectivity index (χ2v) is 5.91. The molecule has 4 nitrogen and oxygen atoms in total.